The molecule has 0 saturated heterocycles. The van der Waals surface area contributed by atoms with Crippen LogP contribution in [-0.4, -0.2) is 13.4 Å². The molecule has 1 nitrogen and oxygen atoms in total. The lowest BCUT2D eigenvalue weighted by Crippen LogP contribution is -2.27. The molecule has 0 aliphatic heterocycles. The summed E-state index contributed by atoms with van der Waals surface area (Å²) in [6.07, 6.45) is 1.01. The highest BCUT2D eigenvalue weighted by Gasteiger charge is 2.16. The van der Waals surface area contributed by atoms with Gasteiger partial charge in [-0.3, -0.25) is 0 Å². The van der Waals surface area contributed by atoms with Crippen molar-refractivity contribution in [3.8, 4) is 5.75 Å². The lowest BCUT2D eigenvalue weighted by atomic mass is 9.94. The fourth-order valence-electron chi connectivity index (χ4n) is 1.38. The fraction of sp³-hybridized carbons (Fsp3) is 0.500. The summed E-state index contributed by atoms with van der Waals surface area (Å²) in [5.74, 6) is 0.981. The van der Waals surface area contributed by atoms with E-state index >= 15 is 0 Å². The molecule has 2 heteroatoms. The predicted molar refractivity (Wildman–Crippen MR) is 64.4 cm³/mol. The summed E-state index contributed by atoms with van der Waals surface area (Å²) in [6, 6.07) is 6.33. The molecule has 1 aromatic carbocycles. The fourth-order valence-corrected chi connectivity index (χ4v) is 1.38. The zero-order valence-electron chi connectivity index (χ0n) is 9.85. The first-order valence-electron chi connectivity index (χ1n) is 5.20. The summed E-state index contributed by atoms with van der Waals surface area (Å²) in [4.78, 5) is 0. The van der Waals surface area contributed by atoms with Gasteiger partial charge in [0, 0.05) is 0 Å². The maximum Gasteiger partial charge on any atom is 0.139 e. The monoisotopic (exact) mass is 190 g/mol. The van der Waals surface area contributed by atoms with Gasteiger partial charge in [-0.1, -0.05) is 18.5 Å². The van der Waals surface area contributed by atoms with E-state index in [4.69, 9.17) is 4.74 Å². The Morgan fingerprint density at radius 2 is 1.93 bits per heavy atom. The Morgan fingerprint density at radius 1 is 1.29 bits per heavy atom. The van der Waals surface area contributed by atoms with Gasteiger partial charge in [-0.25, -0.2) is 0 Å². The van der Waals surface area contributed by atoms with Crippen molar-refractivity contribution >= 4 is 13.3 Å². The van der Waals surface area contributed by atoms with Crippen LogP contribution in [0.4, 0.5) is 0 Å². The highest BCUT2D eigenvalue weighted by Crippen LogP contribution is 2.20. The molecule has 0 heterocycles. The predicted octanol–water partition coefficient (Wildman–Crippen LogP) is 1.82. The Kier molecular flexibility index (Phi) is 3.25. The molecular weight excluding hydrogens is 171 g/mol. The average Bonchev–Trinajstić information content (AvgIpc) is 2.01. The Hall–Kier alpha value is -0.915. The van der Waals surface area contributed by atoms with E-state index in [0.29, 0.717) is 0 Å². The van der Waals surface area contributed by atoms with Crippen molar-refractivity contribution in [2.24, 2.45) is 0 Å². The maximum absolute atomic E-state index is 5.91. The molecule has 1 rings (SSSR count). The molecule has 0 aromatic heterocycles. The highest BCUT2D eigenvalue weighted by atomic mass is 16.5. The molecule has 0 radical (unpaired) electrons. The van der Waals surface area contributed by atoms with Gasteiger partial charge in [0.05, 0.1) is 0 Å². The third-order valence-electron chi connectivity index (χ3n) is 2.44. The summed E-state index contributed by atoms with van der Waals surface area (Å²) in [6.45, 7) is 8.47. The van der Waals surface area contributed by atoms with Crippen molar-refractivity contribution in [1.82, 2.24) is 0 Å². The number of aryl methyl sites for hydroxylation is 1. The van der Waals surface area contributed by atoms with Crippen molar-refractivity contribution in [2.75, 3.05) is 0 Å². The lowest BCUT2D eigenvalue weighted by Gasteiger charge is -2.25. The molecule has 0 N–H and O–H groups in total. The summed E-state index contributed by atoms with van der Waals surface area (Å²) in [5, 5.41) is 0. The Labute approximate surface area is 87.9 Å². The van der Waals surface area contributed by atoms with E-state index in [-0.39, 0.29) is 5.60 Å². The van der Waals surface area contributed by atoms with Crippen LogP contribution < -0.4 is 10.2 Å². The van der Waals surface area contributed by atoms with Crippen molar-refractivity contribution in [1.29, 1.82) is 0 Å². The molecule has 0 atom stereocenters. The summed E-state index contributed by atoms with van der Waals surface area (Å²) >= 11 is 0. The highest BCUT2D eigenvalue weighted by molar-refractivity contribution is 6.32. The third kappa shape index (κ3) is 3.10. The van der Waals surface area contributed by atoms with Gasteiger partial charge in [0.25, 0.3) is 0 Å². The van der Waals surface area contributed by atoms with E-state index in [1.165, 1.54) is 11.0 Å². The standard InChI is InChI=1S/C12H19BO/c1-5-12(3,4)14-11-7-9(2)6-10(13)8-11/h6-8H,5,13H2,1-4H3. The maximum atomic E-state index is 5.91. The molecule has 0 amide bonds. The minimum atomic E-state index is -0.0692. The number of benzene rings is 1. The second-order valence-corrected chi connectivity index (χ2v) is 4.54. The molecular formula is C12H19BO. The van der Waals surface area contributed by atoms with Gasteiger partial charge in [0.15, 0.2) is 0 Å². The average molecular weight is 190 g/mol. The van der Waals surface area contributed by atoms with Crippen molar-refractivity contribution in [2.45, 2.75) is 39.7 Å². The Balaban J connectivity index is 2.87. The minimum absolute atomic E-state index is 0.0692. The van der Waals surface area contributed by atoms with E-state index in [0.717, 1.165) is 12.2 Å². The number of ether oxygens (including phenoxy) is 1. The molecule has 0 bridgehead atoms. The first kappa shape index (κ1) is 11.2. The van der Waals surface area contributed by atoms with Gasteiger partial charge in [-0.05, 0) is 44.9 Å². The largest absolute Gasteiger partial charge is 0.488 e. The molecule has 76 valence electrons. The van der Waals surface area contributed by atoms with Gasteiger partial charge >= 0.3 is 0 Å². The second-order valence-electron chi connectivity index (χ2n) is 4.54. The summed E-state index contributed by atoms with van der Waals surface area (Å²) < 4.78 is 5.91. The van der Waals surface area contributed by atoms with Crippen LogP contribution in [0, 0.1) is 6.92 Å². The van der Waals surface area contributed by atoms with E-state index in [1.807, 2.05) is 0 Å². The smallest absolute Gasteiger partial charge is 0.139 e. The van der Waals surface area contributed by atoms with E-state index in [1.54, 1.807) is 0 Å². The lowest BCUT2D eigenvalue weighted by molar-refractivity contribution is 0.105. The van der Waals surface area contributed by atoms with Crippen LogP contribution in [-0.2, 0) is 0 Å². The van der Waals surface area contributed by atoms with Gasteiger partial charge in [-0.15, -0.1) is 0 Å². The van der Waals surface area contributed by atoms with Crippen LogP contribution in [0.15, 0.2) is 18.2 Å². The topological polar surface area (TPSA) is 9.23 Å². The number of hydrogen-bond donors (Lipinski definition) is 0. The summed E-state index contributed by atoms with van der Waals surface area (Å²) in [5.41, 5.74) is 2.44. The third-order valence-corrected chi connectivity index (χ3v) is 2.44. The molecule has 0 saturated carbocycles. The molecule has 0 aliphatic rings. The number of rotatable bonds is 3. The van der Waals surface area contributed by atoms with E-state index in [9.17, 15) is 0 Å². The minimum Gasteiger partial charge on any atom is -0.488 e. The first-order valence-corrected chi connectivity index (χ1v) is 5.20. The van der Waals surface area contributed by atoms with Crippen LogP contribution >= 0.6 is 0 Å². The Morgan fingerprint density at radius 3 is 2.43 bits per heavy atom. The van der Waals surface area contributed by atoms with E-state index in [2.05, 4.69) is 53.7 Å². The van der Waals surface area contributed by atoms with Crippen molar-refractivity contribution in [3.63, 3.8) is 0 Å². The van der Waals surface area contributed by atoms with Crippen molar-refractivity contribution in [3.05, 3.63) is 23.8 Å². The molecule has 0 aliphatic carbocycles. The Bertz CT molecular complexity index is 298. The molecule has 1 aromatic rings. The molecule has 0 fully saturated rings. The van der Waals surface area contributed by atoms with Crippen LogP contribution in [0.2, 0.25) is 0 Å². The molecule has 0 spiro atoms. The SMILES string of the molecule is Bc1cc(C)cc(OC(C)(C)CC)c1. The van der Waals surface area contributed by atoms with Crippen LogP contribution in [0.3, 0.4) is 0 Å². The zero-order valence-corrected chi connectivity index (χ0v) is 9.85. The van der Waals surface area contributed by atoms with Crippen molar-refractivity contribution < 1.29 is 4.74 Å². The van der Waals surface area contributed by atoms with E-state index < -0.39 is 0 Å². The van der Waals surface area contributed by atoms with Crippen LogP contribution in [0.5, 0.6) is 5.75 Å². The van der Waals surface area contributed by atoms with Crippen LogP contribution in [0.25, 0.3) is 0 Å². The van der Waals surface area contributed by atoms with Gasteiger partial charge in [0.1, 0.15) is 19.2 Å². The van der Waals surface area contributed by atoms with Gasteiger partial charge in [0.2, 0.25) is 0 Å². The summed E-state index contributed by atoms with van der Waals surface area (Å²) in [7, 11) is 2.10. The molecule has 0 unspecified atom stereocenters. The molecule has 14 heavy (non-hydrogen) atoms. The zero-order chi connectivity index (χ0) is 10.8. The van der Waals surface area contributed by atoms with Gasteiger partial charge < -0.3 is 4.74 Å². The first-order chi connectivity index (χ1) is 6.43. The number of hydrogen-bond acceptors (Lipinski definition) is 1. The quantitative estimate of drug-likeness (QED) is 0.660. The normalized spacial score (nSPS) is 11.4. The second kappa shape index (κ2) is 4.08. The van der Waals surface area contributed by atoms with Crippen LogP contribution in [0.1, 0.15) is 32.8 Å². The van der Waals surface area contributed by atoms with Gasteiger partial charge in [-0.2, -0.15) is 0 Å².